The number of methoxy groups -OCH3 is 1. The van der Waals surface area contributed by atoms with Gasteiger partial charge < -0.3 is 20.5 Å². The van der Waals surface area contributed by atoms with Crippen molar-refractivity contribution in [3.05, 3.63) is 97.6 Å². The van der Waals surface area contributed by atoms with Crippen LogP contribution in [-0.4, -0.2) is 46.1 Å². The van der Waals surface area contributed by atoms with Gasteiger partial charge in [0.2, 0.25) is 0 Å². The van der Waals surface area contributed by atoms with Gasteiger partial charge in [-0.25, -0.2) is 9.18 Å². The molecule has 1 heterocycles. The smallest absolute Gasteiger partial charge is 0.328 e. The van der Waals surface area contributed by atoms with Crippen LogP contribution in [0.3, 0.4) is 0 Å². The van der Waals surface area contributed by atoms with Crippen LogP contribution >= 0.6 is 0 Å². The highest BCUT2D eigenvalue weighted by Gasteiger charge is 2.09. The number of rotatable bonds is 8. The summed E-state index contributed by atoms with van der Waals surface area (Å²) in [7, 11) is 1.32. The lowest BCUT2D eigenvalue weighted by molar-refractivity contribution is -0.135. The fraction of sp³-hybridized carbons (Fsp3) is 0.160. The van der Waals surface area contributed by atoms with Gasteiger partial charge in [-0.3, -0.25) is 28.7 Å². The van der Waals surface area contributed by atoms with Gasteiger partial charge in [-0.1, -0.05) is 18.2 Å². The Hall–Kier alpha value is -5.18. The minimum absolute atomic E-state index is 0.0277. The third kappa shape index (κ3) is 7.40. The molecule has 0 aliphatic heterocycles. The van der Waals surface area contributed by atoms with Gasteiger partial charge >= 0.3 is 11.7 Å². The first kappa shape index (κ1) is 26.4. The third-order valence-corrected chi connectivity index (χ3v) is 4.96. The molecule has 3 aromatic rings. The van der Waals surface area contributed by atoms with Crippen molar-refractivity contribution in [2.24, 2.45) is 0 Å². The molecule has 11 nitrogen and oxygen atoms in total. The molecule has 12 heteroatoms. The SMILES string of the molecule is COc1cc(CNC(=O)C#Cc2cn(Cc3ccc(C(=O)NCC(=O)O)cc3)c(=O)[nH]c2=O)ccc1F. The summed E-state index contributed by atoms with van der Waals surface area (Å²) in [4.78, 5) is 61.1. The summed E-state index contributed by atoms with van der Waals surface area (Å²) >= 11 is 0. The number of hydrogen-bond acceptors (Lipinski definition) is 6. The van der Waals surface area contributed by atoms with Crippen molar-refractivity contribution in [3.63, 3.8) is 0 Å². The van der Waals surface area contributed by atoms with Gasteiger partial charge in [0, 0.05) is 24.2 Å². The number of aromatic nitrogens is 2. The molecule has 190 valence electrons. The Morgan fingerprint density at radius 3 is 2.46 bits per heavy atom. The van der Waals surface area contributed by atoms with E-state index in [-0.39, 0.29) is 30.0 Å². The highest BCUT2D eigenvalue weighted by Crippen LogP contribution is 2.17. The van der Waals surface area contributed by atoms with Gasteiger partial charge in [0.15, 0.2) is 11.6 Å². The molecule has 0 aliphatic carbocycles. The van der Waals surface area contributed by atoms with Crippen LogP contribution in [0.4, 0.5) is 4.39 Å². The Labute approximate surface area is 208 Å². The van der Waals surface area contributed by atoms with Crippen molar-refractivity contribution in [1.82, 2.24) is 20.2 Å². The summed E-state index contributed by atoms with van der Waals surface area (Å²) in [5.41, 5.74) is -0.178. The molecule has 0 bridgehead atoms. The Morgan fingerprint density at radius 2 is 1.78 bits per heavy atom. The van der Waals surface area contributed by atoms with Gasteiger partial charge in [0.1, 0.15) is 12.1 Å². The van der Waals surface area contributed by atoms with Crippen LogP contribution in [0.2, 0.25) is 0 Å². The van der Waals surface area contributed by atoms with Gasteiger partial charge in [-0.05, 0) is 41.3 Å². The highest BCUT2D eigenvalue weighted by atomic mass is 19.1. The van der Waals surface area contributed by atoms with Crippen molar-refractivity contribution in [3.8, 4) is 17.6 Å². The normalized spacial score (nSPS) is 10.1. The molecule has 1 aromatic heterocycles. The van der Waals surface area contributed by atoms with E-state index >= 15 is 0 Å². The predicted octanol–water partition coefficient (Wildman–Crippen LogP) is 0.215. The van der Waals surface area contributed by atoms with Crippen LogP contribution in [0.25, 0.3) is 0 Å². The number of nitrogens with one attached hydrogen (secondary N) is 3. The number of carboxylic acids is 1. The van der Waals surface area contributed by atoms with E-state index in [2.05, 4.69) is 27.5 Å². The number of nitrogens with zero attached hydrogens (tertiary/aromatic N) is 1. The van der Waals surface area contributed by atoms with Crippen LogP contribution in [0.15, 0.2) is 58.3 Å². The zero-order chi connectivity index (χ0) is 26.9. The number of ether oxygens (including phenoxy) is 1. The van der Waals surface area contributed by atoms with Crippen LogP contribution in [-0.2, 0) is 22.7 Å². The second-order valence-electron chi connectivity index (χ2n) is 7.60. The number of carboxylic acid groups (broad SMARTS) is 1. The topological polar surface area (TPSA) is 160 Å². The van der Waals surface area contributed by atoms with E-state index in [1.54, 1.807) is 12.1 Å². The molecular formula is C25H21FN4O7. The van der Waals surface area contributed by atoms with Crippen LogP contribution < -0.4 is 26.6 Å². The number of halogens is 1. The summed E-state index contributed by atoms with van der Waals surface area (Å²) in [6, 6.07) is 10.2. The first-order valence-electron chi connectivity index (χ1n) is 10.7. The van der Waals surface area contributed by atoms with Crippen LogP contribution in [0.1, 0.15) is 27.0 Å². The standard InChI is InChI=1S/C25H21FN4O7/c1-37-20-10-16(4-8-19(20)26)11-27-21(31)9-7-18-14-30(25(36)29-24(18)35)13-15-2-5-17(6-3-15)23(34)28-12-22(32)33/h2-6,8,10,14H,11-13H2,1H3,(H,27,31)(H,28,34)(H,32,33)(H,29,35,36). The zero-order valence-electron chi connectivity index (χ0n) is 19.5. The maximum Gasteiger partial charge on any atom is 0.328 e. The molecular weight excluding hydrogens is 487 g/mol. The number of hydrogen-bond donors (Lipinski definition) is 4. The lowest BCUT2D eigenvalue weighted by Crippen LogP contribution is -2.31. The van der Waals surface area contributed by atoms with Crippen LogP contribution in [0, 0.1) is 17.7 Å². The maximum absolute atomic E-state index is 13.5. The summed E-state index contributed by atoms with van der Waals surface area (Å²) in [5, 5.41) is 13.4. The van der Waals surface area contributed by atoms with E-state index in [1.807, 2.05) is 0 Å². The van der Waals surface area contributed by atoms with Gasteiger partial charge in [-0.2, -0.15) is 0 Å². The van der Waals surface area contributed by atoms with E-state index in [0.717, 1.165) is 0 Å². The third-order valence-electron chi connectivity index (χ3n) is 4.96. The first-order valence-corrected chi connectivity index (χ1v) is 10.7. The van der Waals surface area contributed by atoms with E-state index in [1.165, 1.54) is 48.2 Å². The monoisotopic (exact) mass is 508 g/mol. The Bertz CT molecular complexity index is 1510. The summed E-state index contributed by atoms with van der Waals surface area (Å²) in [6.07, 6.45) is 1.21. The fourth-order valence-corrected chi connectivity index (χ4v) is 3.10. The van der Waals surface area contributed by atoms with Gasteiger partial charge in [0.05, 0.1) is 13.7 Å². The molecule has 0 fully saturated rings. The van der Waals surface area contributed by atoms with Crippen LogP contribution in [0.5, 0.6) is 5.75 Å². The van der Waals surface area contributed by atoms with E-state index in [0.29, 0.717) is 11.1 Å². The Kier molecular flexibility index (Phi) is 8.56. The number of aromatic amines is 1. The maximum atomic E-state index is 13.5. The number of benzene rings is 2. The van der Waals surface area contributed by atoms with Gasteiger partial charge in [-0.15, -0.1) is 0 Å². The average Bonchev–Trinajstić information content (AvgIpc) is 2.88. The molecule has 37 heavy (non-hydrogen) atoms. The second kappa shape index (κ2) is 12.0. The summed E-state index contributed by atoms with van der Waals surface area (Å²) in [6.45, 7) is -0.444. The molecule has 0 unspecified atom stereocenters. The average molecular weight is 508 g/mol. The van der Waals surface area contributed by atoms with E-state index < -0.39 is 41.4 Å². The van der Waals surface area contributed by atoms with Crippen molar-refractivity contribution >= 4 is 17.8 Å². The molecule has 0 saturated heterocycles. The van der Waals surface area contributed by atoms with Crippen molar-refractivity contribution in [1.29, 1.82) is 0 Å². The molecule has 2 amide bonds. The number of H-pyrrole nitrogens is 1. The first-order chi connectivity index (χ1) is 17.7. The number of carbonyl (C=O) groups is 3. The van der Waals surface area contributed by atoms with E-state index in [4.69, 9.17) is 9.84 Å². The van der Waals surface area contributed by atoms with Crippen molar-refractivity contribution in [2.75, 3.05) is 13.7 Å². The fourth-order valence-electron chi connectivity index (χ4n) is 3.10. The molecule has 0 radical (unpaired) electrons. The minimum atomic E-state index is -1.17. The molecule has 4 N–H and O–H groups in total. The van der Waals surface area contributed by atoms with Crippen molar-refractivity contribution < 1.29 is 28.6 Å². The van der Waals surface area contributed by atoms with Gasteiger partial charge in [0.25, 0.3) is 17.4 Å². The Morgan fingerprint density at radius 1 is 1.08 bits per heavy atom. The summed E-state index contributed by atoms with van der Waals surface area (Å²) in [5.74, 6) is 1.76. The summed E-state index contributed by atoms with van der Waals surface area (Å²) < 4.78 is 19.6. The molecule has 0 atom stereocenters. The quantitative estimate of drug-likeness (QED) is 0.317. The lowest BCUT2D eigenvalue weighted by atomic mass is 10.1. The molecule has 0 saturated carbocycles. The highest BCUT2D eigenvalue weighted by molar-refractivity contribution is 5.95. The largest absolute Gasteiger partial charge is 0.494 e. The lowest BCUT2D eigenvalue weighted by Gasteiger charge is -2.07. The number of aliphatic carboxylic acids is 1. The number of amides is 2. The molecule has 2 aromatic carbocycles. The number of carbonyl (C=O) groups excluding carboxylic acids is 2. The zero-order valence-corrected chi connectivity index (χ0v) is 19.5. The molecule has 0 aliphatic rings. The second-order valence-corrected chi connectivity index (χ2v) is 7.60. The predicted molar refractivity (Wildman–Crippen MR) is 129 cm³/mol. The van der Waals surface area contributed by atoms with Crippen molar-refractivity contribution in [2.45, 2.75) is 13.1 Å². The molecule has 3 rings (SSSR count). The van der Waals surface area contributed by atoms with E-state index in [9.17, 15) is 28.4 Å². The Balaban J connectivity index is 1.68. The minimum Gasteiger partial charge on any atom is -0.494 e. The molecule has 0 spiro atoms.